The van der Waals surface area contributed by atoms with Crippen molar-refractivity contribution in [3.63, 3.8) is 0 Å². The van der Waals surface area contributed by atoms with E-state index in [0.29, 0.717) is 4.90 Å². The lowest BCUT2D eigenvalue weighted by Crippen LogP contribution is -2.45. The molecule has 1 aromatic carbocycles. The second kappa shape index (κ2) is 5.02. The zero-order chi connectivity index (χ0) is 14.0. The van der Waals surface area contributed by atoms with Gasteiger partial charge in [0.2, 0.25) is 0 Å². The van der Waals surface area contributed by atoms with Gasteiger partial charge in [-0.3, -0.25) is 0 Å². The van der Waals surface area contributed by atoms with E-state index in [0.717, 1.165) is 0 Å². The highest BCUT2D eigenvalue weighted by Crippen LogP contribution is 2.33. The Kier molecular flexibility index (Phi) is 4.23. The molecule has 1 rings (SSSR count). The molecule has 1 unspecified atom stereocenters. The summed E-state index contributed by atoms with van der Waals surface area (Å²) in [6, 6.07) is 9.15. The largest absolute Gasteiger partial charge is 0.389 e. The van der Waals surface area contributed by atoms with Crippen LogP contribution in [0.4, 0.5) is 0 Å². The normalized spacial score (nSPS) is 18.8. The van der Waals surface area contributed by atoms with Gasteiger partial charge in [0.15, 0.2) is 0 Å². The maximum Gasteiger partial charge on any atom is 0.0794 e. The Hall–Kier alpha value is -0.870. The van der Waals surface area contributed by atoms with E-state index in [1.807, 2.05) is 39.0 Å². The minimum absolute atomic E-state index is 0.143. The third-order valence-corrected chi connectivity index (χ3v) is 6.05. The molecule has 0 aromatic heterocycles. The maximum atomic E-state index is 12.9. The van der Waals surface area contributed by atoms with Crippen molar-refractivity contribution in [2.75, 3.05) is 12.8 Å². The molecule has 18 heavy (non-hydrogen) atoms. The Bertz CT molecular complexity index is 506. The van der Waals surface area contributed by atoms with Crippen LogP contribution in [0.5, 0.6) is 0 Å². The fraction of sp³-hybridized carbons (Fsp3) is 0.571. The lowest BCUT2D eigenvalue weighted by atomic mass is 9.79. The van der Waals surface area contributed by atoms with E-state index in [1.54, 1.807) is 26.1 Å². The van der Waals surface area contributed by atoms with Gasteiger partial charge in [0, 0.05) is 11.9 Å². The molecule has 0 aliphatic carbocycles. The smallest absolute Gasteiger partial charge is 0.0794 e. The van der Waals surface area contributed by atoms with Crippen LogP contribution in [0.15, 0.2) is 39.6 Å². The van der Waals surface area contributed by atoms with Crippen LogP contribution < -0.4 is 0 Å². The molecule has 0 amide bonds. The second-order valence-electron chi connectivity index (χ2n) is 5.80. The van der Waals surface area contributed by atoms with E-state index in [9.17, 15) is 9.32 Å². The monoisotopic (exact) mass is 269 g/mol. The molecule has 2 atom stereocenters. The van der Waals surface area contributed by atoms with Crippen LogP contribution in [-0.4, -0.2) is 27.7 Å². The number of rotatable bonds is 3. The molecule has 0 saturated carbocycles. The van der Waals surface area contributed by atoms with Crippen LogP contribution in [0.2, 0.25) is 0 Å². The number of aliphatic hydroxyl groups is 1. The summed E-state index contributed by atoms with van der Waals surface area (Å²) in [5.74, 6) is 0.143. The molecule has 4 heteroatoms. The summed E-state index contributed by atoms with van der Waals surface area (Å²) in [7, 11) is -1.02. The topological polar surface area (TPSA) is 49.7 Å². The van der Waals surface area contributed by atoms with E-state index in [4.69, 9.17) is 0 Å². The van der Waals surface area contributed by atoms with Crippen LogP contribution in [-0.2, 0) is 9.73 Å². The summed E-state index contributed by atoms with van der Waals surface area (Å²) in [4.78, 5) is 0.678. The minimum atomic E-state index is -2.57. The first kappa shape index (κ1) is 15.2. The molecule has 0 radical (unpaired) electrons. The van der Waals surface area contributed by atoms with Crippen molar-refractivity contribution in [2.45, 2.75) is 38.2 Å². The Morgan fingerprint density at radius 1 is 1.17 bits per heavy atom. The van der Waals surface area contributed by atoms with Gasteiger partial charge in [-0.25, -0.2) is 8.57 Å². The standard InChI is InChI=1S/C14H23NO2S/c1-13(2,3)14(4,16)11-18(17,15-5)12-9-7-6-8-10-12/h6-10,16H,11H2,1-5H3/t14?,18-/m0/s1. The lowest BCUT2D eigenvalue weighted by Gasteiger charge is -2.37. The number of hydrogen-bond acceptors (Lipinski definition) is 3. The van der Waals surface area contributed by atoms with Crippen LogP contribution >= 0.6 is 0 Å². The Morgan fingerprint density at radius 3 is 2.06 bits per heavy atom. The maximum absolute atomic E-state index is 12.9. The Morgan fingerprint density at radius 2 is 1.67 bits per heavy atom. The van der Waals surface area contributed by atoms with Gasteiger partial charge in [0.25, 0.3) is 0 Å². The highest BCUT2D eigenvalue weighted by molar-refractivity contribution is 7.93. The average molecular weight is 269 g/mol. The molecule has 1 N–H and O–H groups in total. The van der Waals surface area contributed by atoms with Crippen molar-refractivity contribution >= 4 is 9.73 Å². The summed E-state index contributed by atoms with van der Waals surface area (Å²) in [6.07, 6.45) is 0. The van der Waals surface area contributed by atoms with Crippen LogP contribution in [0.25, 0.3) is 0 Å². The highest BCUT2D eigenvalue weighted by Gasteiger charge is 2.38. The second-order valence-corrected chi connectivity index (χ2v) is 8.21. The molecular formula is C14H23NO2S. The van der Waals surface area contributed by atoms with Crippen molar-refractivity contribution in [1.29, 1.82) is 0 Å². The fourth-order valence-electron chi connectivity index (χ4n) is 1.48. The SMILES string of the molecule is CN=[S@](=O)(CC(C)(O)C(C)(C)C)c1ccccc1. The zero-order valence-corrected chi connectivity index (χ0v) is 12.6. The molecule has 1 aromatic rings. The molecule has 0 fully saturated rings. The molecule has 0 bridgehead atoms. The van der Waals surface area contributed by atoms with Crippen molar-refractivity contribution in [3.05, 3.63) is 30.3 Å². The molecule has 0 heterocycles. The minimum Gasteiger partial charge on any atom is -0.389 e. The highest BCUT2D eigenvalue weighted by atomic mass is 32.2. The average Bonchev–Trinajstić information content (AvgIpc) is 2.28. The first-order chi connectivity index (χ1) is 8.12. The van der Waals surface area contributed by atoms with E-state index in [2.05, 4.69) is 4.36 Å². The molecule has 0 aliphatic heterocycles. The van der Waals surface area contributed by atoms with Crippen molar-refractivity contribution < 1.29 is 9.32 Å². The van der Waals surface area contributed by atoms with Crippen LogP contribution in [0.1, 0.15) is 27.7 Å². The lowest BCUT2D eigenvalue weighted by molar-refractivity contribution is -0.0202. The zero-order valence-electron chi connectivity index (χ0n) is 11.8. The van der Waals surface area contributed by atoms with Gasteiger partial charge in [-0.05, 0) is 24.5 Å². The number of benzene rings is 1. The first-order valence-electron chi connectivity index (χ1n) is 6.03. The van der Waals surface area contributed by atoms with Gasteiger partial charge in [0.1, 0.15) is 0 Å². The third kappa shape index (κ3) is 3.12. The Labute approximate surface area is 110 Å². The van der Waals surface area contributed by atoms with Gasteiger partial charge >= 0.3 is 0 Å². The van der Waals surface area contributed by atoms with Gasteiger partial charge < -0.3 is 5.11 Å². The summed E-state index contributed by atoms with van der Waals surface area (Å²) >= 11 is 0. The Balaban J connectivity index is 3.19. The van der Waals surface area contributed by atoms with Crippen LogP contribution in [0, 0.1) is 5.41 Å². The van der Waals surface area contributed by atoms with Gasteiger partial charge in [-0.1, -0.05) is 39.0 Å². The van der Waals surface area contributed by atoms with Crippen LogP contribution in [0.3, 0.4) is 0 Å². The molecule has 102 valence electrons. The molecular weight excluding hydrogens is 246 g/mol. The predicted octanol–water partition coefficient (Wildman–Crippen LogP) is 2.94. The summed E-state index contributed by atoms with van der Waals surface area (Å²) < 4.78 is 16.9. The molecule has 0 aliphatic rings. The first-order valence-corrected chi connectivity index (χ1v) is 7.71. The summed E-state index contributed by atoms with van der Waals surface area (Å²) in [5.41, 5.74) is -1.39. The van der Waals surface area contributed by atoms with Crippen molar-refractivity contribution in [1.82, 2.24) is 0 Å². The molecule has 0 saturated heterocycles. The summed E-state index contributed by atoms with van der Waals surface area (Å²) in [5, 5.41) is 10.5. The van der Waals surface area contributed by atoms with Gasteiger partial charge in [-0.15, -0.1) is 0 Å². The number of nitrogens with zero attached hydrogens (tertiary/aromatic N) is 1. The van der Waals surface area contributed by atoms with Crippen molar-refractivity contribution in [2.24, 2.45) is 9.78 Å². The third-order valence-electron chi connectivity index (χ3n) is 3.50. The molecule has 0 spiro atoms. The predicted molar refractivity (Wildman–Crippen MR) is 76.1 cm³/mol. The molecule has 3 nitrogen and oxygen atoms in total. The fourth-order valence-corrected chi connectivity index (χ4v) is 3.77. The van der Waals surface area contributed by atoms with Gasteiger partial charge in [-0.2, -0.15) is 0 Å². The number of hydrogen-bond donors (Lipinski definition) is 1. The van der Waals surface area contributed by atoms with E-state index >= 15 is 0 Å². The van der Waals surface area contributed by atoms with Gasteiger partial charge in [0.05, 0.1) is 21.1 Å². The van der Waals surface area contributed by atoms with E-state index in [-0.39, 0.29) is 11.2 Å². The van der Waals surface area contributed by atoms with E-state index < -0.39 is 15.3 Å². The van der Waals surface area contributed by atoms with Crippen molar-refractivity contribution in [3.8, 4) is 0 Å². The van der Waals surface area contributed by atoms with E-state index in [1.165, 1.54) is 0 Å². The summed E-state index contributed by atoms with van der Waals surface area (Å²) in [6.45, 7) is 7.54. The quantitative estimate of drug-likeness (QED) is 0.917.